The fourth-order valence-electron chi connectivity index (χ4n) is 3.15. The predicted octanol–water partition coefficient (Wildman–Crippen LogP) is 6.91. The van der Waals surface area contributed by atoms with Crippen molar-refractivity contribution in [2.24, 2.45) is 0 Å². The maximum absolute atomic E-state index is 12.4. The molecule has 0 radical (unpaired) electrons. The first kappa shape index (κ1) is 22.8. The number of hydrogen-bond donors (Lipinski definition) is 2. The smallest absolute Gasteiger partial charge is 0.248 e. The van der Waals surface area contributed by atoms with Crippen molar-refractivity contribution in [2.75, 3.05) is 10.6 Å². The Morgan fingerprint density at radius 1 is 1.12 bits per heavy atom. The van der Waals surface area contributed by atoms with Gasteiger partial charge in [0.05, 0.1) is 10.2 Å². The molecule has 33 heavy (non-hydrogen) atoms. The van der Waals surface area contributed by atoms with E-state index in [4.69, 9.17) is 16.0 Å². The van der Waals surface area contributed by atoms with Crippen LogP contribution in [0.4, 0.5) is 10.8 Å². The van der Waals surface area contributed by atoms with Crippen LogP contribution in [0.3, 0.4) is 0 Å². The van der Waals surface area contributed by atoms with Crippen molar-refractivity contribution in [3.63, 3.8) is 0 Å². The van der Waals surface area contributed by atoms with Crippen LogP contribution in [0.1, 0.15) is 31.1 Å². The summed E-state index contributed by atoms with van der Waals surface area (Å²) < 4.78 is 6.68. The lowest BCUT2D eigenvalue weighted by Gasteiger charge is -2.01. The third kappa shape index (κ3) is 5.69. The number of benzene rings is 2. The quantitative estimate of drug-likeness (QED) is 0.282. The molecule has 4 rings (SSSR count). The lowest BCUT2D eigenvalue weighted by atomic mass is 10.1. The first-order valence-corrected chi connectivity index (χ1v) is 11.7. The van der Waals surface area contributed by atoms with Gasteiger partial charge in [0.1, 0.15) is 11.5 Å². The molecule has 0 atom stereocenters. The number of halogens is 1. The Hall–Kier alpha value is -3.42. The van der Waals surface area contributed by atoms with Gasteiger partial charge in [0.25, 0.3) is 0 Å². The van der Waals surface area contributed by atoms with Gasteiger partial charge in [-0.3, -0.25) is 9.59 Å². The number of carbonyl (C=O) groups is 2. The van der Waals surface area contributed by atoms with Gasteiger partial charge < -0.3 is 15.1 Å². The van der Waals surface area contributed by atoms with Gasteiger partial charge in [-0.1, -0.05) is 42.0 Å². The molecule has 2 amide bonds. The van der Waals surface area contributed by atoms with E-state index in [1.165, 1.54) is 17.4 Å². The molecule has 0 bridgehead atoms. The summed E-state index contributed by atoms with van der Waals surface area (Å²) in [6, 6.07) is 14.8. The van der Waals surface area contributed by atoms with Crippen LogP contribution < -0.4 is 10.6 Å². The van der Waals surface area contributed by atoms with Crippen molar-refractivity contribution in [1.29, 1.82) is 0 Å². The number of aromatic nitrogens is 1. The lowest BCUT2D eigenvalue weighted by molar-refractivity contribution is -0.116. The van der Waals surface area contributed by atoms with E-state index < -0.39 is 0 Å². The fraction of sp³-hybridized carbons (Fsp3) is 0.160. The molecule has 0 aliphatic rings. The summed E-state index contributed by atoms with van der Waals surface area (Å²) in [5.74, 6) is 0.894. The normalized spacial score (nSPS) is 11.2. The van der Waals surface area contributed by atoms with Gasteiger partial charge in [-0.25, -0.2) is 4.98 Å². The molecule has 2 heterocycles. The molecule has 0 fully saturated rings. The monoisotopic (exact) mass is 479 g/mol. The van der Waals surface area contributed by atoms with Gasteiger partial charge in [0.2, 0.25) is 11.8 Å². The topological polar surface area (TPSA) is 84.2 Å². The molecule has 0 saturated heterocycles. The molecule has 0 saturated carbocycles. The van der Waals surface area contributed by atoms with E-state index in [-0.39, 0.29) is 11.8 Å². The molecule has 2 N–H and O–H groups in total. The van der Waals surface area contributed by atoms with E-state index in [1.807, 2.05) is 50.2 Å². The minimum atomic E-state index is -0.285. The summed E-state index contributed by atoms with van der Waals surface area (Å²) in [4.78, 5) is 28.6. The molecule has 8 heteroatoms. The predicted molar refractivity (Wildman–Crippen MR) is 135 cm³/mol. The van der Waals surface area contributed by atoms with Crippen molar-refractivity contribution in [3.05, 3.63) is 71.0 Å². The van der Waals surface area contributed by atoms with E-state index in [9.17, 15) is 9.59 Å². The first-order valence-electron chi connectivity index (χ1n) is 10.5. The van der Waals surface area contributed by atoms with Gasteiger partial charge in [0, 0.05) is 28.8 Å². The number of aryl methyl sites for hydroxylation is 1. The zero-order chi connectivity index (χ0) is 23.4. The third-order valence-electron chi connectivity index (χ3n) is 4.86. The zero-order valence-electron chi connectivity index (χ0n) is 18.1. The Labute approximate surface area is 200 Å². The number of nitrogens with one attached hydrogen (secondary N) is 2. The van der Waals surface area contributed by atoms with Crippen molar-refractivity contribution in [3.8, 4) is 11.3 Å². The van der Waals surface area contributed by atoms with Crippen LogP contribution in [0, 0.1) is 6.92 Å². The van der Waals surface area contributed by atoms with Gasteiger partial charge in [-0.2, -0.15) is 0 Å². The van der Waals surface area contributed by atoms with Crippen LogP contribution in [0.25, 0.3) is 27.6 Å². The molecule has 0 spiro atoms. The summed E-state index contributed by atoms with van der Waals surface area (Å²) in [6.45, 7) is 3.89. The van der Waals surface area contributed by atoms with E-state index in [2.05, 4.69) is 15.6 Å². The Morgan fingerprint density at radius 3 is 2.76 bits per heavy atom. The second-order valence-corrected chi connectivity index (χ2v) is 8.93. The summed E-state index contributed by atoms with van der Waals surface area (Å²) in [6.07, 6.45) is 4.26. The summed E-state index contributed by atoms with van der Waals surface area (Å²) in [5.41, 5.74) is 3.27. The number of nitrogens with zero attached hydrogens (tertiary/aromatic N) is 1. The van der Waals surface area contributed by atoms with Crippen molar-refractivity contribution in [1.82, 2.24) is 4.98 Å². The lowest BCUT2D eigenvalue weighted by Crippen LogP contribution is -2.09. The van der Waals surface area contributed by atoms with Crippen LogP contribution in [-0.2, 0) is 9.59 Å². The molecule has 4 aromatic rings. The molecule has 2 aromatic carbocycles. The average Bonchev–Trinajstić information content (AvgIpc) is 3.40. The number of thiazole rings is 1. The third-order valence-corrected chi connectivity index (χ3v) is 6.20. The van der Waals surface area contributed by atoms with Gasteiger partial charge in [0.15, 0.2) is 5.13 Å². The SMILES string of the molecule is CCCC(=O)Nc1nc2ccc(NC(=O)/C=C/c3ccc(-c4ccc(C)c(Cl)c4)o3)cc2s1. The van der Waals surface area contributed by atoms with Crippen LogP contribution in [-0.4, -0.2) is 16.8 Å². The van der Waals surface area contributed by atoms with Crippen LogP contribution in [0.15, 0.2) is 59.0 Å². The molecule has 0 aliphatic heterocycles. The Balaban J connectivity index is 1.40. The van der Waals surface area contributed by atoms with Crippen molar-refractivity contribution >= 4 is 61.9 Å². The zero-order valence-corrected chi connectivity index (χ0v) is 19.7. The Bertz CT molecular complexity index is 1360. The van der Waals surface area contributed by atoms with E-state index in [0.717, 1.165) is 27.8 Å². The number of carbonyl (C=O) groups excluding carboxylic acids is 2. The molecular weight excluding hydrogens is 458 g/mol. The molecule has 0 unspecified atom stereocenters. The molecule has 168 valence electrons. The Kier molecular flexibility index (Phi) is 6.91. The maximum atomic E-state index is 12.4. The van der Waals surface area contributed by atoms with E-state index in [1.54, 1.807) is 18.2 Å². The second-order valence-electron chi connectivity index (χ2n) is 7.49. The highest BCUT2D eigenvalue weighted by atomic mass is 35.5. The standard InChI is InChI=1S/C25H22ClN3O3S/c1-3-4-23(30)29-25-28-20-10-7-17(14-22(20)33-25)27-24(31)12-9-18-8-11-21(32-18)16-6-5-15(2)19(26)13-16/h5-14H,3-4H2,1-2H3,(H,27,31)(H,28,29,30)/b12-9+. The van der Waals surface area contributed by atoms with E-state index >= 15 is 0 Å². The molecule has 0 aliphatic carbocycles. The average molecular weight is 480 g/mol. The summed E-state index contributed by atoms with van der Waals surface area (Å²) >= 11 is 7.56. The number of rotatable bonds is 7. The number of hydrogen-bond acceptors (Lipinski definition) is 5. The highest BCUT2D eigenvalue weighted by Gasteiger charge is 2.09. The number of amides is 2. The highest BCUT2D eigenvalue weighted by Crippen LogP contribution is 2.29. The maximum Gasteiger partial charge on any atom is 0.248 e. The largest absolute Gasteiger partial charge is 0.457 e. The first-order chi connectivity index (χ1) is 15.9. The van der Waals surface area contributed by atoms with Gasteiger partial charge >= 0.3 is 0 Å². The number of anilines is 2. The number of furan rings is 1. The summed E-state index contributed by atoms with van der Waals surface area (Å²) in [7, 11) is 0. The van der Waals surface area contributed by atoms with E-state index in [0.29, 0.717) is 33.8 Å². The van der Waals surface area contributed by atoms with Crippen LogP contribution in [0.5, 0.6) is 0 Å². The molecule has 2 aromatic heterocycles. The van der Waals surface area contributed by atoms with Crippen LogP contribution in [0.2, 0.25) is 5.02 Å². The fourth-order valence-corrected chi connectivity index (χ4v) is 4.25. The molecule has 6 nitrogen and oxygen atoms in total. The second kappa shape index (κ2) is 10.0. The highest BCUT2D eigenvalue weighted by molar-refractivity contribution is 7.22. The van der Waals surface area contributed by atoms with Crippen molar-refractivity contribution in [2.45, 2.75) is 26.7 Å². The van der Waals surface area contributed by atoms with Gasteiger partial charge in [-0.05, 0) is 61.4 Å². The van der Waals surface area contributed by atoms with Crippen LogP contribution >= 0.6 is 22.9 Å². The minimum Gasteiger partial charge on any atom is -0.457 e. The summed E-state index contributed by atoms with van der Waals surface area (Å²) in [5, 5.41) is 6.86. The minimum absolute atomic E-state index is 0.0539. The number of fused-ring (bicyclic) bond motifs is 1. The molecular formula is C25H22ClN3O3S. The van der Waals surface area contributed by atoms with Gasteiger partial charge in [-0.15, -0.1) is 0 Å². The Morgan fingerprint density at radius 2 is 1.97 bits per heavy atom. The van der Waals surface area contributed by atoms with Crippen molar-refractivity contribution < 1.29 is 14.0 Å².